The fraction of sp³-hybridized carbons (Fsp3) is 0.308. The highest BCUT2D eigenvalue weighted by Gasteiger charge is 1.98. The Morgan fingerprint density at radius 1 is 1.44 bits per heavy atom. The van der Waals surface area contributed by atoms with E-state index < -0.39 is 5.97 Å². The van der Waals surface area contributed by atoms with E-state index in [0.29, 0.717) is 6.54 Å². The van der Waals surface area contributed by atoms with Gasteiger partial charge in [0.25, 0.3) is 0 Å². The fourth-order valence-corrected chi connectivity index (χ4v) is 1.02. The first kappa shape index (κ1) is 15.5. The van der Waals surface area contributed by atoms with Crippen LogP contribution in [0.3, 0.4) is 0 Å². The lowest BCUT2D eigenvalue weighted by Gasteiger charge is -2.17. The zero-order chi connectivity index (χ0) is 13.8. The monoisotopic (exact) mass is 245 g/mol. The van der Waals surface area contributed by atoms with Crippen LogP contribution in [0.4, 0.5) is 0 Å². The number of nitrogens with zero attached hydrogens (tertiary/aromatic N) is 3. The van der Waals surface area contributed by atoms with E-state index in [1.54, 1.807) is 24.4 Å². The normalized spacial score (nSPS) is 9.06. The van der Waals surface area contributed by atoms with Gasteiger partial charge in [0.05, 0.1) is 6.54 Å². The van der Waals surface area contributed by atoms with E-state index in [-0.39, 0.29) is 12.2 Å². The second-order valence-electron chi connectivity index (χ2n) is 3.15. The summed E-state index contributed by atoms with van der Waals surface area (Å²) in [5.41, 5.74) is 0.0420. The Kier molecular flexibility index (Phi) is 8.32. The van der Waals surface area contributed by atoms with E-state index in [0.717, 1.165) is 12.6 Å². The number of carbonyl (C=O) groups is 1. The maximum absolute atomic E-state index is 10.8. The molecule has 0 rings (SSSR count). The molecule has 0 bridgehead atoms. The van der Waals surface area contributed by atoms with Gasteiger partial charge in [-0.15, -0.1) is 0 Å². The second-order valence-corrected chi connectivity index (χ2v) is 3.15. The molecule has 94 valence electrons. The third-order valence-corrected chi connectivity index (χ3v) is 2.00. The molecule has 0 heterocycles. The van der Waals surface area contributed by atoms with Crippen molar-refractivity contribution in [1.82, 2.24) is 4.90 Å². The van der Waals surface area contributed by atoms with Crippen molar-refractivity contribution in [2.45, 2.75) is 6.92 Å². The van der Waals surface area contributed by atoms with Crippen molar-refractivity contribution >= 4 is 5.97 Å². The fourth-order valence-electron chi connectivity index (χ4n) is 1.02. The van der Waals surface area contributed by atoms with Crippen LogP contribution in [0.5, 0.6) is 0 Å². The molecular weight excluding hydrogens is 230 g/mol. The zero-order valence-electron chi connectivity index (χ0n) is 10.3. The minimum atomic E-state index is -0.453. The number of hydrogen-bond donors (Lipinski definition) is 0. The van der Waals surface area contributed by atoms with Gasteiger partial charge < -0.3 is 9.64 Å². The molecule has 18 heavy (non-hydrogen) atoms. The van der Waals surface area contributed by atoms with Crippen molar-refractivity contribution in [2.24, 2.45) is 0 Å². The van der Waals surface area contributed by atoms with Gasteiger partial charge in [-0.25, -0.2) is 4.79 Å². The summed E-state index contributed by atoms with van der Waals surface area (Å²) in [5, 5.41) is 17.0. The van der Waals surface area contributed by atoms with E-state index in [9.17, 15) is 4.79 Å². The predicted molar refractivity (Wildman–Crippen MR) is 66.9 cm³/mol. The molecule has 5 nitrogen and oxygen atoms in total. The van der Waals surface area contributed by atoms with Crippen molar-refractivity contribution < 1.29 is 9.53 Å². The highest BCUT2D eigenvalue weighted by molar-refractivity contribution is 5.81. The first-order valence-corrected chi connectivity index (χ1v) is 5.39. The Balaban J connectivity index is 4.20. The Morgan fingerprint density at radius 3 is 2.61 bits per heavy atom. The van der Waals surface area contributed by atoms with Crippen LogP contribution in [-0.2, 0) is 9.53 Å². The topological polar surface area (TPSA) is 77.1 Å². The highest BCUT2D eigenvalue weighted by atomic mass is 16.5. The van der Waals surface area contributed by atoms with Gasteiger partial charge in [-0.1, -0.05) is 6.58 Å². The number of rotatable bonds is 7. The van der Waals surface area contributed by atoms with Crippen LogP contribution >= 0.6 is 0 Å². The van der Waals surface area contributed by atoms with Gasteiger partial charge in [0.2, 0.25) is 0 Å². The van der Waals surface area contributed by atoms with Crippen LogP contribution in [0.15, 0.2) is 36.6 Å². The molecule has 0 amide bonds. The molecule has 0 aliphatic rings. The largest absolute Gasteiger partial charge is 0.461 e. The van der Waals surface area contributed by atoms with Crippen LogP contribution < -0.4 is 0 Å². The summed E-state index contributed by atoms with van der Waals surface area (Å²) in [5.74, 6) is -0.453. The first-order chi connectivity index (χ1) is 8.67. The van der Waals surface area contributed by atoms with Crippen LogP contribution in [0.2, 0.25) is 0 Å². The van der Waals surface area contributed by atoms with Crippen LogP contribution in [0.25, 0.3) is 0 Å². The first-order valence-electron chi connectivity index (χ1n) is 5.39. The van der Waals surface area contributed by atoms with Crippen molar-refractivity contribution in [2.75, 3.05) is 19.7 Å². The number of hydrogen-bond acceptors (Lipinski definition) is 5. The average molecular weight is 245 g/mol. The van der Waals surface area contributed by atoms with E-state index in [1.807, 2.05) is 11.8 Å². The number of allylic oxidation sites excluding steroid dienone is 3. The smallest absolute Gasteiger partial charge is 0.330 e. The standard InChI is InChI=1S/C13H15N3O2/c1-3-13(17)18-9-8-16(4-2)7-5-6-12(10-14)11-15/h3,5-7H,1,4,8-9H2,2H3. The molecule has 0 aliphatic carbocycles. The summed E-state index contributed by atoms with van der Waals surface area (Å²) in [7, 11) is 0. The summed E-state index contributed by atoms with van der Waals surface area (Å²) in [4.78, 5) is 12.7. The van der Waals surface area contributed by atoms with Crippen molar-refractivity contribution in [1.29, 1.82) is 10.5 Å². The molecule has 0 fully saturated rings. The van der Waals surface area contributed by atoms with Crippen LogP contribution in [0.1, 0.15) is 6.92 Å². The number of ether oxygens (including phenoxy) is 1. The lowest BCUT2D eigenvalue weighted by atomic mass is 10.3. The Hall–Kier alpha value is -2.53. The zero-order valence-corrected chi connectivity index (χ0v) is 10.3. The second kappa shape index (κ2) is 9.68. The van der Waals surface area contributed by atoms with Crippen molar-refractivity contribution in [3.8, 4) is 12.1 Å². The summed E-state index contributed by atoms with van der Waals surface area (Å²) < 4.78 is 4.84. The Labute approximate surface area is 107 Å². The summed E-state index contributed by atoms with van der Waals surface area (Å²) >= 11 is 0. The molecule has 0 aromatic heterocycles. The maximum atomic E-state index is 10.8. The Bertz CT molecular complexity index is 408. The molecule has 0 radical (unpaired) electrons. The molecule has 5 heteroatoms. The van der Waals surface area contributed by atoms with Crippen LogP contribution in [0, 0.1) is 22.7 Å². The van der Waals surface area contributed by atoms with E-state index >= 15 is 0 Å². The molecule has 0 saturated carbocycles. The molecular formula is C13H15N3O2. The third-order valence-electron chi connectivity index (χ3n) is 2.00. The van der Waals surface area contributed by atoms with Gasteiger partial charge in [-0.2, -0.15) is 10.5 Å². The van der Waals surface area contributed by atoms with Gasteiger partial charge in [-0.05, 0) is 25.3 Å². The lowest BCUT2D eigenvalue weighted by molar-refractivity contribution is -0.137. The quantitative estimate of drug-likeness (QED) is 0.294. The summed E-state index contributed by atoms with van der Waals surface area (Å²) in [6.07, 6.45) is 5.89. The number of carbonyl (C=O) groups excluding carboxylic acids is 1. The minimum absolute atomic E-state index is 0.0420. The van der Waals surface area contributed by atoms with Crippen LogP contribution in [-0.4, -0.2) is 30.6 Å². The summed E-state index contributed by atoms with van der Waals surface area (Å²) in [6, 6.07) is 3.52. The SMILES string of the molecule is C=CC(=O)OCCN(C=CC=C(C#N)C#N)CC. The molecule has 0 aromatic rings. The molecule has 0 atom stereocenters. The minimum Gasteiger partial charge on any atom is -0.461 e. The van der Waals surface area contributed by atoms with Gasteiger partial charge >= 0.3 is 5.97 Å². The highest BCUT2D eigenvalue weighted by Crippen LogP contribution is 1.94. The van der Waals surface area contributed by atoms with Gasteiger partial charge in [-0.3, -0.25) is 0 Å². The number of esters is 1. The third kappa shape index (κ3) is 6.86. The molecule has 0 aromatic carbocycles. The van der Waals surface area contributed by atoms with E-state index in [2.05, 4.69) is 6.58 Å². The summed E-state index contributed by atoms with van der Waals surface area (Å²) in [6.45, 7) is 6.76. The van der Waals surface area contributed by atoms with E-state index in [1.165, 1.54) is 6.08 Å². The van der Waals surface area contributed by atoms with Gasteiger partial charge in [0, 0.05) is 12.6 Å². The molecule has 0 N–H and O–H groups in total. The molecule has 0 spiro atoms. The van der Waals surface area contributed by atoms with Gasteiger partial charge in [0.1, 0.15) is 24.3 Å². The lowest BCUT2D eigenvalue weighted by Crippen LogP contribution is -2.22. The molecule has 0 saturated heterocycles. The maximum Gasteiger partial charge on any atom is 0.330 e. The average Bonchev–Trinajstić information content (AvgIpc) is 2.41. The number of likely N-dealkylation sites (N-methyl/N-ethyl adjacent to an activating group) is 1. The van der Waals surface area contributed by atoms with Crippen molar-refractivity contribution in [3.05, 3.63) is 36.6 Å². The Morgan fingerprint density at radius 2 is 2.11 bits per heavy atom. The predicted octanol–water partition coefficient (Wildman–Crippen LogP) is 1.52. The van der Waals surface area contributed by atoms with Gasteiger partial charge in [0.15, 0.2) is 0 Å². The molecule has 0 unspecified atom stereocenters. The van der Waals surface area contributed by atoms with E-state index in [4.69, 9.17) is 15.3 Å². The molecule has 0 aliphatic heterocycles. The number of nitriles is 2. The van der Waals surface area contributed by atoms with Crippen molar-refractivity contribution in [3.63, 3.8) is 0 Å².